The van der Waals surface area contributed by atoms with E-state index in [0.29, 0.717) is 5.75 Å². The van der Waals surface area contributed by atoms with Crippen molar-refractivity contribution in [2.45, 2.75) is 51.5 Å². The molecule has 3 aromatic carbocycles. The smallest absolute Gasteiger partial charge is 0.261 e. The number of phenolic OH excluding ortho intramolecular Hbond substituents is 1. The largest absolute Gasteiger partial charge is 0.504 e. The molecule has 0 heterocycles. The zero-order valence-electron chi connectivity index (χ0n) is 19.8. The van der Waals surface area contributed by atoms with Gasteiger partial charge in [-0.15, -0.1) is 0 Å². The molecule has 0 bridgehead atoms. The standard InChI is InChI=1S/C28H36O3Si/c1-28(2,3)32(24-15-9-5-10-16-24,25-17-11-6-12-18-25)31-21-13-7-8-14-23-19-20-26(29)27(22-23)30-4/h5-6,9-12,15-20,22,29H,7-8,13-14,21H2,1-4H3. The number of ether oxygens (including phenoxy) is 1. The Hall–Kier alpha value is -2.56. The first-order valence-corrected chi connectivity index (χ1v) is 13.4. The summed E-state index contributed by atoms with van der Waals surface area (Å²) in [6.07, 6.45) is 4.18. The van der Waals surface area contributed by atoms with Crippen LogP contribution in [0, 0.1) is 0 Å². The van der Waals surface area contributed by atoms with Crippen LogP contribution in [0.4, 0.5) is 0 Å². The van der Waals surface area contributed by atoms with Gasteiger partial charge >= 0.3 is 0 Å². The van der Waals surface area contributed by atoms with Crippen LogP contribution in [0.25, 0.3) is 0 Å². The molecule has 3 aromatic rings. The van der Waals surface area contributed by atoms with Gasteiger partial charge < -0.3 is 14.3 Å². The Morgan fingerprint density at radius 2 is 1.38 bits per heavy atom. The molecule has 0 aliphatic carbocycles. The zero-order chi connectivity index (χ0) is 23.0. The maximum atomic E-state index is 9.77. The van der Waals surface area contributed by atoms with Gasteiger partial charge in [0.15, 0.2) is 11.5 Å². The maximum Gasteiger partial charge on any atom is 0.261 e. The van der Waals surface area contributed by atoms with Crippen molar-refractivity contribution >= 4 is 18.7 Å². The van der Waals surface area contributed by atoms with E-state index in [9.17, 15) is 5.11 Å². The van der Waals surface area contributed by atoms with Crippen molar-refractivity contribution < 1.29 is 14.3 Å². The van der Waals surface area contributed by atoms with E-state index in [1.165, 1.54) is 15.9 Å². The topological polar surface area (TPSA) is 38.7 Å². The second kappa shape index (κ2) is 10.8. The van der Waals surface area contributed by atoms with Crippen LogP contribution in [0.1, 0.15) is 45.6 Å². The Kier molecular flexibility index (Phi) is 8.16. The van der Waals surface area contributed by atoms with Crippen molar-refractivity contribution in [1.29, 1.82) is 0 Å². The zero-order valence-corrected chi connectivity index (χ0v) is 20.8. The fourth-order valence-corrected chi connectivity index (χ4v) is 9.08. The summed E-state index contributed by atoms with van der Waals surface area (Å²) in [5.41, 5.74) is 1.19. The van der Waals surface area contributed by atoms with E-state index in [-0.39, 0.29) is 10.8 Å². The summed E-state index contributed by atoms with van der Waals surface area (Å²) in [4.78, 5) is 0. The van der Waals surface area contributed by atoms with Crippen LogP contribution in [0.15, 0.2) is 78.9 Å². The molecule has 170 valence electrons. The highest BCUT2D eigenvalue weighted by Crippen LogP contribution is 2.37. The quantitative estimate of drug-likeness (QED) is 0.320. The minimum absolute atomic E-state index is 0.0122. The molecule has 0 spiro atoms. The SMILES string of the molecule is COc1cc(CCCCCO[Si](c2ccccc2)(c2ccccc2)C(C)(C)C)ccc1O. The minimum Gasteiger partial charge on any atom is -0.504 e. The molecule has 0 amide bonds. The third-order valence-corrected chi connectivity index (χ3v) is 11.1. The Balaban J connectivity index is 1.67. The summed E-state index contributed by atoms with van der Waals surface area (Å²) < 4.78 is 12.2. The second-order valence-corrected chi connectivity index (χ2v) is 13.6. The predicted octanol–water partition coefficient (Wildman–Crippen LogP) is 5.69. The van der Waals surface area contributed by atoms with Crippen molar-refractivity contribution in [3.8, 4) is 11.5 Å². The molecule has 0 aliphatic heterocycles. The molecule has 3 nitrogen and oxygen atoms in total. The Labute approximate surface area is 194 Å². The third kappa shape index (κ3) is 5.43. The number of hydrogen-bond acceptors (Lipinski definition) is 3. The van der Waals surface area contributed by atoms with Gasteiger partial charge in [-0.05, 0) is 52.4 Å². The van der Waals surface area contributed by atoms with Gasteiger partial charge in [-0.2, -0.15) is 0 Å². The van der Waals surface area contributed by atoms with Gasteiger partial charge in [0, 0.05) is 6.61 Å². The van der Waals surface area contributed by atoms with Gasteiger partial charge in [0.05, 0.1) is 7.11 Å². The molecular weight excluding hydrogens is 412 g/mol. The summed E-state index contributed by atoms with van der Waals surface area (Å²) in [6.45, 7) is 7.71. The predicted molar refractivity (Wildman–Crippen MR) is 136 cm³/mol. The van der Waals surface area contributed by atoms with Crippen LogP contribution in [-0.2, 0) is 10.8 Å². The van der Waals surface area contributed by atoms with E-state index in [1.807, 2.05) is 12.1 Å². The number of aromatic hydroxyl groups is 1. The van der Waals surface area contributed by atoms with Gasteiger partial charge in [-0.3, -0.25) is 0 Å². The maximum absolute atomic E-state index is 9.77. The number of unbranched alkanes of at least 4 members (excludes halogenated alkanes) is 2. The Bertz CT molecular complexity index is 925. The van der Waals surface area contributed by atoms with Crippen molar-refractivity contribution in [2.24, 2.45) is 0 Å². The summed E-state index contributed by atoms with van der Waals surface area (Å²) in [6, 6.07) is 27.2. The first kappa shape index (κ1) is 24.1. The first-order chi connectivity index (χ1) is 15.4. The van der Waals surface area contributed by atoms with Crippen molar-refractivity contribution in [2.75, 3.05) is 13.7 Å². The lowest BCUT2D eigenvalue weighted by atomic mass is 10.1. The Morgan fingerprint density at radius 3 is 1.91 bits per heavy atom. The van der Waals surface area contributed by atoms with Crippen LogP contribution >= 0.6 is 0 Å². The van der Waals surface area contributed by atoms with Gasteiger partial charge in [0.2, 0.25) is 0 Å². The molecule has 0 saturated carbocycles. The van der Waals surface area contributed by atoms with Gasteiger partial charge in [-0.25, -0.2) is 0 Å². The molecule has 4 heteroatoms. The van der Waals surface area contributed by atoms with E-state index >= 15 is 0 Å². The number of benzene rings is 3. The molecule has 0 radical (unpaired) electrons. The summed E-state index contributed by atoms with van der Waals surface area (Å²) in [7, 11) is -0.852. The molecule has 0 unspecified atom stereocenters. The molecule has 0 fully saturated rings. The number of phenols is 1. The molecular formula is C28H36O3Si. The van der Waals surface area contributed by atoms with Gasteiger partial charge in [0.1, 0.15) is 0 Å². The Morgan fingerprint density at radius 1 is 0.781 bits per heavy atom. The molecule has 0 atom stereocenters. The minimum atomic E-state index is -2.44. The lowest BCUT2D eigenvalue weighted by molar-refractivity contribution is 0.287. The monoisotopic (exact) mass is 448 g/mol. The number of hydrogen-bond donors (Lipinski definition) is 1. The van der Waals surface area contributed by atoms with Crippen LogP contribution in [0.2, 0.25) is 5.04 Å². The third-order valence-electron chi connectivity index (χ3n) is 6.09. The van der Waals surface area contributed by atoms with Crippen molar-refractivity contribution in [1.82, 2.24) is 0 Å². The summed E-state index contributed by atoms with van der Waals surface area (Å²) >= 11 is 0. The summed E-state index contributed by atoms with van der Waals surface area (Å²) in [5, 5.41) is 12.4. The van der Waals surface area contributed by atoms with Crippen LogP contribution in [0.3, 0.4) is 0 Å². The van der Waals surface area contributed by atoms with E-state index < -0.39 is 8.32 Å². The van der Waals surface area contributed by atoms with E-state index in [2.05, 4.69) is 81.4 Å². The molecule has 0 aliphatic rings. The van der Waals surface area contributed by atoms with Crippen LogP contribution in [0.5, 0.6) is 11.5 Å². The lowest BCUT2D eigenvalue weighted by Crippen LogP contribution is -2.66. The molecule has 0 saturated heterocycles. The number of aryl methyl sites for hydroxylation is 1. The summed E-state index contributed by atoms with van der Waals surface area (Å²) in [5.74, 6) is 0.729. The normalized spacial score (nSPS) is 12.0. The highest BCUT2D eigenvalue weighted by atomic mass is 28.4. The van der Waals surface area contributed by atoms with Gasteiger partial charge in [-0.1, -0.05) is 93.9 Å². The lowest BCUT2D eigenvalue weighted by Gasteiger charge is -2.43. The van der Waals surface area contributed by atoms with E-state index in [0.717, 1.165) is 32.3 Å². The van der Waals surface area contributed by atoms with Gasteiger partial charge in [0.25, 0.3) is 8.32 Å². The number of rotatable bonds is 10. The average molecular weight is 449 g/mol. The second-order valence-electron chi connectivity index (χ2n) is 9.33. The van der Waals surface area contributed by atoms with Crippen LogP contribution < -0.4 is 15.1 Å². The number of methoxy groups -OCH3 is 1. The average Bonchev–Trinajstić information content (AvgIpc) is 2.80. The van der Waals surface area contributed by atoms with Crippen molar-refractivity contribution in [3.05, 3.63) is 84.4 Å². The first-order valence-electron chi connectivity index (χ1n) is 11.5. The fourth-order valence-electron chi connectivity index (χ4n) is 4.47. The fraction of sp³-hybridized carbons (Fsp3) is 0.357. The van der Waals surface area contributed by atoms with E-state index in [4.69, 9.17) is 9.16 Å². The molecule has 3 rings (SSSR count). The van der Waals surface area contributed by atoms with Crippen LogP contribution in [-0.4, -0.2) is 27.1 Å². The highest BCUT2D eigenvalue weighted by Gasteiger charge is 2.49. The highest BCUT2D eigenvalue weighted by molar-refractivity contribution is 6.99. The van der Waals surface area contributed by atoms with Crippen molar-refractivity contribution in [3.63, 3.8) is 0 Å². The molecule has 1 N–H and O–H groups in total. The molecule has 0 aromatic heterocycles. The molecule has 32 heavy (non-hydrogen) atoms. The van der Waals surface area contributed by atoms with E-state index in [1.54, 1.807) is 13.2 Å².